The van der Waals surface area contributed by atoms with Gasteiger partial charge in [-0.25, -0.2) is 15.0 Å². The Morgan fingerprint density at radius 2 is 2.17 bits per heavy atom. The first-order valence-corrected chi connectivity index (χ1v) is 6.48. The number of hydrogen-bond donors (Lipinski definition) is 1. The van der Waals surface area contributed by atoms with Crippen LogP contribution in [0, 0.1) is 6.92 Å². The van der Waals surface area contributed by atoms with Crippen LogP contribution in [0.4, 0.5) is 0 Å². The zero-order chi connectivity index (χ0) is 12.5. The number of thiazole rings is 1. The summed E-state index contributed by atoms with van der Waals surface area (Å²) in [5, 5.41) is 12.0. The molecule has 0 amide bonds. The molecule has 0 fully saturated rings. The first-order chi connectivity index (χ1) is 8.72. The Kier molecular flexibility index (Phi) is 2.81. The largest absolute Gasteiger partial charge is 0.385 e. The van der Waals surface area contributed by atoms with Crippen LogP contribution >= 0.6 is 11.3 Å². The highest BCUT2D eigenvalue weighted by atomic mass is 32.1. The van der Waals surface area contributed by atoms with Crippen LogP contribution in [0.3, 0.4) is 0 Å². The van der Waals surface area contributed by atoms with Gasteiger partial charge in [-0.05, 0) is 12.5 Å². The second-order valence-corrected chi connectivity index (χ2v) is 5.04. The maximum absolute atomic E-state index is 10.1. The van der Waals surface area contributed by atoms with Crippen LogP contribution in [-0.2, 0) is 6.42 Å². The van der Waals surface area contributed by atoms with Gasteiger partial charge in [0.1, 0.15) is 6.10 Å². The molecule has 6 heteroatoms. The van der Waals surface area contributed by atoms with Gasteiger partial charge >= 0.3 is 0 Å². The molecule has 3 aromatic rings. The standard InChI is InChI=1S/C12H12N4OS/c1-8-5-13-11(14-6-8)10(17)4-9-7-16-2-3-18-12(16)15-9/h2-3,5-7,10,17H,4H2,1H3. The fourth-order valence-electron chi connectivity index (χ4n) is 1.74. The average molecular weight is 260 g/mol. The van der Waals surface area contributed by atoms with Crippen molar-refractivity contribution in [1.29, 1.82) is 0 Å². The summed E-state index contributed by atoms with van der Waals surface area (Å²) < 4.78 is 1.95. The molecule has 0 radical (unpaired) electrons. The molecule has 0 saturated carbocycles. The average Bonchev–Trinajstić information content (AvgIpc) is 2.90. The zero-order valence-electron chi connectivity index (χ0n) is 9.82. The molecule has 1 atom stereocenters. The number of aromatic nitrogens is 4. The van der Waals surface area contributed by atoms with Gasteiger partial charge in [-0.1, -0.05) is 0 Å². The van der Waals surface area contributed by atoms with Crippen LogP contribution in [0.25, 0.3) is 4.96 Å². The lowest BCUT2D eigenvalue weighted by molar-refractivity contribution is 0.167. The minimum atomic E-state index is -0.713. The summed E-state index contributed by atoms with van der Waals surface area (Å²) in [6, 6.07) is 0. The van der Waals surface area contributed by atoms with Crippen molar-refractivity contribution in [3.8, 4) is 0 Å². The summed E-state index contributed by atoms with van der Waals surface area (Å²) in [5.74, 6) is 0.442. The number of aliphatic hydroxyl groups is 1. The smallest absolute Gasteiger partial charge is 0.193 e. The Morgan fingerprint density at radius 3 is 2.89 bits per heavy atom. The highest BCUT2D eigenvalue weighted by Crippen LogP contribution is 2.17. The molecule has 92 valence electrons. The molecule has 0 aliphatic carbocycles. The molecule has 3 rings (SSSR count). The molecular weight excluding hydrogens is 248 g/mol. The van der Waals surface area contributed by atoms with E-state index in [0.29, 0.717) is 12.2 Å². The number of aliphatic hydroxyl groups excluding tert-OH is 1. The van der Waals surface area contributed by atoms with E-state index in [4.69, 9.17) is 0 Å². The molecule has 0 aromatic carbocycles. The van der Waals surface area contributed by atoms with Crippen molar-refractivity contribution in [3.05, 3.63) is 47.2 Å². The molecule has 18 heavy (non-hydrogen) atoms. The van der Waals surface area contributed by atoms with E-state index in [2.05, 4.69) is 15.0 Å². The van der Waals surface area contributed by atoms with Gasteiger partial charge in [-0.2, -0.15) is 0 Å². The number of rotatable bonds is 3. The van der Waals surface area contributed by atoms with E-state index in [1.807, 2.05) is 29.1 Å². The fraction of sp³-hybridized carbons (Fsp3) is 0.250. The van der Waals surface area contributed by atoms with Crippen LogP contribution in [0.1, 0.15) is 23.2 Å². The summed E-state index contributed by atoms with van der Waals surface area (Å²) in [6.45, 7) is 1.92. The lowest BCUT2D eigenvalue weighted by Crippen LogP contribution is -2.07. The van der Waals surface area contributed by atoms with Gasteiger partial charge in [0, 0.05) is 36.6 Å². The quantitative estimate of drug-likeness (QED) is 0.779. The van der Waals surface area contributed by atoms with Crippen LogP contribution in [0.5, 0.6) is 0 Å². The Labute approximate surface area is 108 Å². The minimum absolute atomic E-state index is 0.428. The van der Waals surface area contributed by atoms with Crippen LogP contribution in [0.15, 0.2) is 30.2 Å². The van der Waals surface area contributed by atoms with E-state index >= 15 is 0 Å². The maximum Gasteiger partial charge on any atom is 0.193 e. The Bertz CT molecular complexity index is 630. The first-order valence-electron chi connectivity index (χ1n) is 5.60. The van der Waals surface area contributed by atoms with Gasteiger partial charge in [-0.3, -0.25) is 4.40 Å². The van der Waals surface area contributed by atoms with Crippen molar-refractivity contribution in [1.82, 2.24) is 19.4 Å². The fourth-order valence-corrected chi connectivity index (χ4v) is 2.46. The van der Waals surface area contributed by atoms with Crippen LogP contribution in [0.2, 0.25) is 0 Å². The molecule has 3 aromatic heterocycles. The summed E-state index contributed by atoms with van der Waals surface area (Å²) in [5.41, 5.74) is 1.83. The lowest BCUT2D eigenvalue weighted by Gasteiger charge is -2.06. The number of aryl methyl sites for hydroxylation is 1. The third-order valence-electron chi connectivity index (χ3n) is 2.64. The van der Waals surface area contributed by atoms with Crippen molar-refractivity contribution < 1.29 is 5.11 Å². The SMILES string of the molecule is Cc1cnc(C(O)Cc2cn3ccsc3n2)nc1. The normalized spacial score (nSPS) is 13.0. The van der Waals surface area contributed by atoms with Gasteiger partial charge < -0.3 is 5.11 Å². The van der Waals surface area contributed by atoms with E-state index in [1.54, 1.807) is 23.7 Å². The van der Waals surface area contributed by atoms with E-state index in [1.165, 1.54) is 0 Å². The van der Waals surface area contributed by atoms with Gasteiger partial charge in [0.2, 0.25) is 0 Å². The molecular formula is C12H12N4OS. The molecule has 3 heterocycles. The van der Waals surface area contributed by atoms with Gasteiger partial charge in [-0.15, -0.1) is 11.3 Å². The van der Waals surface area contributed by atoms with Crippen LogP contribution < -0.4 is 0 Å². The molecule has 5 nitrogen and oxygen atoms in total. The second-order valence-electron chi connectivity index (χ2n) is 4.16. The summed E-state index contributed by atoms with van der Waals surface area (Å²) >= 11 is 1.57. The topological polar surface area (TPSA) is 63.3 Å². The molecule has 0 spiro atoms. The van der Waals surface area contributed by atoms with Crippen molar-refractivity contribution in [2.75, 3.05) is 0 Å². The summed E-state index contributed by atoms with van der Waals surface area (Å²) in [6.07, 6.45) is 7.00. The number of nitrogens with zero attached hydrogens (tertiary/aromatic N) is 4. The third-order valence-corrected chi connectivity index (χ3v) is 3.42. The first kappa shape index (κ1) is 11.3. The molecule has 1 unspecified atom stereocenters. The number of hydrogen-bond acceptors (Lipinski definition) is 5. The van der Waals surface area contributed by atoms with E-state index in [0.717, 1.165) is 16.2 Å². The van der Waals surface area contributed by atoms with E-state index in [-0.39, 0.29) is 0 Å². The van der Waals surface area contributed by atoms with E-state index in [9.17, 15) is 5.11 Å². The molecule has 0 aliphatic heterocycles. The lowest BCUT2D eigenvalue weighted by atomic mass is 10.2. The second kappa shape index (κ2) is 4.47. The predicted molar refractivity (Wildman–Crippen MR) is 68.5 cm³/mol. The predicted octanol–water partition coefficient (Wildman–Crippen LogP) is 1.77. The Hall–Kier alpha value is -1.79. The summed E-state index contributed by atoms with van der Waals surface area (Å²) in [7, 11) is 0. The highest BCUT2D eigenvalue weighted by molar-refractivity contribution is 7.15. The molecule has 0 bridgehead atoms. The number of imidazole rings is 1. The van der Waals surface area contributed by atoms with Crippen LogP contribution in [-0.4, -0.2) is 24.5 Å². The van der Waals surface area contributed by atoms with Crippen molar-refractivity contribution >= 4 is 16.3 Å². The van der Waals surface area contributed by atoms with Gasteiger partial charge in [0.25, 0.3) is 0 Å². The Balaban J connectivity index is 1.79. The van der Waals surface area contributed by atoms with Crippen molar-refractivity contribution in [2.45, 2.75) is 19.4 Å². The minimum Gasteiger partial charge on any atom is -0.385 e. The van der Waals surface area contributed by atoms with Gasteiger partial charge in [0.05, 0.1) is 5.69 Å². The molecule has 0 saturated heterocycles. The Morgan fingerprint density at radius 1 is 1.39 bits per heavy atom. The summed E-state index contributed by atoms with van der Waals surface area (Å²) in [4.78, 5) is 13.6. The molecule has 1 N–H and O–H groups in total. The molecule has 0 aliphatic rings. The van der Waals surface area contributed by atoms with E-state index < -0.39 is 6.10 Å². The van der Waals surface area contributed by atoms with Gasteiger partial charge in [0.15, 0.2) is 10.8 Å². The van der Waals surface area contributed by atoms with Crippen molar-refractivity contribution in [3.63, 3.8) is 0 Å². The maximum atomic E-state index is 10.1. The third kappa shape index (κ3) is 2.12. The zero-order valence-corrected chi connectivity index (χ0v) is 10.6. The monoisotopic (exact) mass is 260 g/mol. The van der Waals surface area contributed by atoms with Crippen molar-refractivity contribution in [2.24, 2.45) is 0 Å². The highest BCUT2D eigenvalue weighted by Gasteiger charge is 2.13. The number of fused-ring (bicyclic) bond motifs is 1.